The highest BCUT2D eigenvalue weighted by Gasteiger charge is 2.31. The van der Waals surface area contributed by atoms with Gasteiger partial charge in [-0.1, -0.05) is 18.2 Å². The van der Waals surface area contributed by atoms with E-state index in [9.17, 15) is 17.6 Å². The summed E-state index contributed by atoms with van der Waals surface area (Å²) in [5, 5.41) is 8.68. The van der Waals surface area contributed by atoms with Crippen LogP contribution in [0.15, 0.2) is 42.5 Å². The Kier molecular flexibility index (Phi) is 4.47. The topological polar surface area (TPSA) is 29.5 Å². The van der Waals surface area contributed by atoms with E-state index in [-0.39, 0.29) is 30.1 Å². The predicted molar refractivity (Wildman–Crippen MR) is 69.4 cm³/mol. The summed E-state index contributed by atoms with van der Waals surface area (Å²) in [6.45, 7) is -0.469. The Morgan fingerprint density at radius 3 is 2.38 bits per heavy atom. The number of hydrogen-bond donors (Lipinski definition) is 1. The summed E-state index contributed by atoms with van der Waals surface area (Å²) in [5.41, 5.74) is -0.815. The molecular formula is C15H12F4O2. The molecule has 2 rings (SSSR count). The van der Waals surface area contributed by atoms with Gasteiger partial charge in [0.25, 0.3) is 0 Å². The highest BCUT2D eigenvalue weighted by molar-refractivity contribution is 5.67. The lowest BCUT2D eigenvalue weighted by molar-refractivity contribution is -0.137. The molecule has 112 valence electrons. The van der Waals surface area contributed by atoms with Crippen LogP contribution in [-0.2, 0) is 6.18 Å². The first-order valence-electron chi connectivity index (χ1n) is 6.12. The molecule has 0 aliphatic carbocycles. The molecule has 0 aliphatic heterocycles. The average molecular weight is 300 g/mol. The lowest BCUT2D eigenvalue weighted by Gasteiger charge is -2.13. The van der Waals surface area contributed by atoms with Gasteiger partial charge in [0, 0.05) is 5.56 Å². The summed E-state index contributed by atoms with van der Waals surface area (Å²) in [4.78, 5) is 0. The molecule has 2 aromatic carbocycles. The van der Waals surface area contributed by atoms with Gasteiger partial charge in [0.05, 0.1) is 12.2 Å². The molecule has 0 fully saturated rings. The molecular weight excluding hydrogens is 288 g/mol. The summed E-state index contributed by atoms with van der Waals surface area (Å²) in [6, 6.07) is 8.54. The Labute approximate surface area is 118 Å². The van der Waals surface area contributed by atoms with Gasteiger partial charge >= 0.3 is 6.18 Å². The van der Waals surface area contributed by atoms with E-state index in [1.54, 1.807) is 0 Å². The van der Waals surface area contributed by atoms with Crippen molar-refractivity contribution in [1.82, 2.24) is 0 Å². The molecule has 21 heavy (non-hydrogen) atoms. The maximum Gasteiger partial charge on any atom is 0.416 e. The van der Waals surface area contributed by atoms with Crippen molar-refractivity contribution in [3.8, 4) is 16.9 Å². The van der Waals surface area contributed by atoms with Crippen LogP contribution < -0.4 is 4.74 Å². The molecule has 0 saturated carbocycles. The Morgan fingerprint density at radius 2 is 1.76 bits per heavy atom. The minimum atomic E-state index is -4.57. The molecule has 0 unspecified atom stereocenters. The first-order valence-corrected chi connectivity index (χ1v) is 6.12. The van der Waals surface area contributed by atoms with Crippen LogP contribution in [0.2, 0.25) is 0 Å². The molecule has 0 aliphatic rings. The Morgan fingerprint density at radius 1 is 1.05 bits per heavy atom. The number of alkyl halides is 3. The number of aliphatic hydroxyl groups is 1. The second-order valence-electron chi connectivity index (χ2n) is 4.30. The largest absolute Gasteiger partial charge is 0.491 e. The van der Waals surface area contributed by atoms with Gasteiger partial charge in [-0.05, 0) is 29.8 Å². The minimum Gasteiger partial charge on any atom is -0.491 e. The van der Waals surface area contributed by atoms with Gasteiger partial charge in [-0.3, -0.25) is 0 Å². The van der Waals surface area contributed by atoms with Crippen LogP contribution in [0.25, 0.3) is 11.1 Å². The fourth-order valence-corrected chi connectivity index (χ4v) is 1.86. The van der Waals surface area contributed by atoms with Gasteiger partial charge in [-0.2, -0.15) is 13.2 Å². The van der Waals surface area contributed by atoms with Crippen LogP contribution >= 0.6 is 0 Å². The maximum absolute atomic E-state index is 13.7. The molecule has 2 aromatic rings. The first-order chi connectivity index (χ1) is 9.91. The van der Waals surface area contributed by atoms with E-state index in [1.165, 1.54) is 30.3 Å². The molecule has 6 heteroatoms. The Balaban J connectivity index is 2.52. The first kappa shape index (κ1) is 15.3. The summed E-state index contributed by atoms with van der Waals surface area (Å²) in [7, 11) is 0. The normalized spacial score (nSPS) is 11.5. The Hall–Kier alpha value is -2.08. The van der Waals surface area contributed by atoms with Crippen molar-refractivity contribution in [2.24, 2.45) is 0 Å². The molecule has 2 nitrogen and oxygen atoms in total. The van der Waals surface area contributed by atoms with Crippen LogP contribution in [0.3, 0.4) is 0 Å². The third kappa shape index (κ3) is 3.72. The quantitative estimate of drug-likeness (QED) is 0.868. The number of benzene rings is 2. The second-order valence-corrected chi connectivity index (χ2v) is 4.30. The molecule has 0 spiro atoms. The fraction of sp³-hybridized carbons (Fsp3) is 0.200. The standard InChI is InChI=1S/C15H12F4O2/c16-14-4-2-1-3-13(14)10-7-11(15(17,18)19)9-12(8-10)21-6-5-20/h1-4,7-9,20H,5-6H2. The number of rotatable bonds is 4. The smallest absolute Gasteiger partial charge is 0.416 e. The van der Waals surface area contributed by atoms with Crippen molar-refractivity contribution in [3.05, 3.63) is 53.8 Å². The van der Waals surface area contributed by atoms with Crippen LogP contribution in [-0.4, -0.2) is 18.3 Å². The summed E-state index contributed by atoms with van der Waals surface area (Å²) in [5.74, 6) is -0.693. The predicted octanol–water partition coefficient (Wildman–Crippen LogP) is 3.88. The van der Waals surface area contributed by atoms with E-state index in [0.717, 1.165) is 12.1 Å². The van der Waals surface area contributed by atoms with Gasteiger partial charge in [-0.25, -0.2) is 4.39 Å². The van der Waals surface area contributed by atoms with Crippen molar-refractivity contribution < 1.29 is 27.4 Å². The van der Waals surface area contributed by atoms with E-state index < -0.39 is 17.6 Å². The third-order valence-electron chi connectivity index (χ3n) is 2.78. The minimum absolute atomic E-state index is 0.0532. The summed E-state index contributed by atoms with van der Waals surface area (Å²) >= 11 is 0. The molecule has 0 heterocycles. The van der Waals surface area contributed by atoms with Gasteiger partial charge in [-0.15, -0.1) is 0 Å². The molecule has 0 radical (unpaired) electrons. The Bertz CT molecular complexity index is 623. The SMILES string of the molecule is OCCOc1cc(-c2ccccc2F)cc(C(F)(F)F)c1. The molecule has 1 N–H and O–H groups in total. The zero-order valence-corrected chi connectivity index (χ0v) is 10.8. The zero-order chi connectivity index (χ0) is 15.5. The fourth-order valence-electron chi connectivity index (χ4n) is 1.86. The lowest BCUT2D eigenvalue weighted by Crippen LogP contribution is -2.07. The second kappa shape index (κ2) is 6.13. The van der Waals surface area contributed by atoms with Crippen LogP contribution in [0, 0.1) is 5.82 Å². The van der Waals surface area contributed by atoms with E-state index in [2.05, 4.69) is 0 Å². The molecule has 0 saturated heterocycles. The van der Waals surface area contributed by atoms with Gasteiger partial charge < -0.3 is 9.84 Å². The van der Waals surface area contributed by atoms with Gasteiger partial charge in [0.1, 0.15) is 18.2 Å². The monoisotopic (exact) mass is 300 g/mol. The van der Waals surface area contributed by atoms with E-state index >= 15 is 0 Å². The molecule has 0 atom stereocenters. The summed E-state index contributed by atoms with van der Waals surface area (Å²) < 4.78 is 57.4. The van der Waals surface area contributed by atoms with Crippen LogP contribution in [0.4, 0.5) is 17.6 Å². The van der Waals surface area contributed by atoms with E-state index in [1.807, 2.05) is 0 Å². The van der Waals surface area contributed by atoms with Crippen LogP contribution in [0.5, 0.6) is 5.75 Å². The molecule has 0 bridgehead atoms. The maximum atomic E-state index is 13.7. The van der Waals surface area contributed by atoms with Crippen molar-refractivity contribution in [3.63, 3.8) is 0 Å². The summed E-state index contributed by atoms with van der Waals surface area (Å²) in [6.07, 6.45) is -4.57. The van der Waals surface area contributed by atoms with Crippen molar-refractivity contribution in [1.29, 1.82) is 0 Å². The average Bonchev–Trinajstić information content (AvgIpc) is 2.44. The number of halogens is 4. The molecule has 0 aromatic heterocycles. The third-order valence-corrected chi connectivity index (χ3v) is 2.78. The molecule has 0 amide bonds. The number of hydrogen-bond acceptors (Lipinski definition) is 2. The van der Waals surface area contributed by atoms with Crippen molar-refractivity contribution >= 4 is 0 Å². The highest BCUT2D eigenvalue weighted by atomic mass is 19.4. The number of ether oxygens (including phenoxy) is 1. The van der Waals surface area contributed by atoms with Gasteiger partial charge in [0.2, 0.25) is 0 Å². The van der Waals surface area contributed by atoms with Crippen LogP contribution in [0.1, 0.15) is 5.56 Å². The number of aliphatic hydroxyl groups excluding tert-OH is 1. The van der Waals surface area contributed by atoms with Crippen molar-refractivity contribution in [2.45, 2.75) is 6.18 Å². The lowest BCUT2D eigenvalue weighted by atomic mass is 10.0. The van der Waals surface area contributed by atoms with E-state index in [4.69, 9.17) is 9.84 Å². The zero-order valence-electron chi connectivity index (χ0n) is 10.8. The highest BCUT2D eigenvalue weighted by Crippen LogP contribution is 2.36. The van der Waals surface area contributed by atoms with E-state index in [0.29, 0.717) is 0 Å². The van der Waals surface area contributed by atoms with Gasteiger partial charge in [0.15, 0.2) is 0 Å². The van der Waals surface area contributed by atoms with Crippen molar-refractivity contribution in [2.75, 3.05) is 13.2 Å².